The SMILES string of the molecule is CC(C)(CC(O)(CCCCCCCCCC(F)(F)F)Cc1cc2cc(C#N)ccc2[nH]1)c1ccc(F)cc1O. The molecule has 39 heavy (non-hydrogen) atoms. The number of hydrogen-bond donors (Lipinski definition) is 3. The summed E-state index contributed by atoms with van der Waals surface area (Å²) in [5.41, 5.74) is 0.992. The van der Waals surface area contributed by atoms with Gasteiger partial charge in [-0.2, -0.15) is 18.4 Å². The Labute approximate surface area is 227 Å². The molecule has 0 bridgehead atoms. The number of unbranched alkanes of at least 4 members (excludes halogenated alkanes) is 6. The number of fused-ring (bicyclic) bond motifs is 1. The van der Waals surface area contributed by atoms with Gasteiger partial charge in [-0.15, -0.1) is 0 Å². The van der Waals surface area contributed by atoms with Crippen LogP contribution in [0.5, 0.6) is 5.75 Å². The highest BCUT2D eigenvalue weighted by atomic mass is 19.4. The molecule has 0 spiro atoms. The van der Waals surface area contributed by atoms with Gasteiger partial charge in [-0.25, -0.2) is 4.39 Å². The minimum absolute atomic E-state index is 0.150. The van der Waals surface area contributed by atoms with Gasteiger partial charge in [-0.05, 0) is 60.6 Å². The molecule has 0 saturated carbocycles. The van der Waals surface area contributed by atoms with Gasteiger partial charge in [0, 0.05) is 35.5 Å². The molecular weight excluding hydrogens is 508 g/mol. The highest BCUT2D eigenvalue weighted by molar-refractivity contribution is 5.81. The molecule has 1 atom stereocenters. The van der Waals surface area contributed by atoms with Crippen molar-refractivity contribution in [1.29, 1.82) is 5.26 Å². The van der Waals surface area contributed by atoms with Crippen molar-refractivity contribution < 1.29 is 27.8 Å². The zero-order valence-corrected chi connectivity index (χ0v) is 22.7. The van der Waals surface area contributed by atoms with E-state index in [-0.39, 0.29) is 12.2 Å². The highest BCUT2D eigenvalue weighted by Gasteiger charge is 2.37. The molecule has 0 amide bonds. The minimum atomic E-state index is -4.09. The van der Waals surface area contributed by atoms with E-state index in [1.165, 1.54) is 6.07 Å². The van der Waals surface area contributed by atoms with Crippen molar-refractivity contribution >= 4 is 10.9 Å². The molecule has 0 radical (unpaired) electrons. The summed E-state index contributed by atoms with van der Waals surface area (Å²) in [6, 6.07) is 13.4. The highest BCUT2D eigenvalue weighted by Crippen LogP contribution is 2.40. The molecule has 0 fully saturated rings. The zero-order chi connectivity index (χ0) is 28.7. The topological polar surface area (TPSA) is 80.0 Å². The summed E-state index contributed by atoms with van der Waals surface area (Å²) >= 11 is 0. The smallest absolute Gasteiger partial charge is 0.389 e. The Balaban J connectivity index is 1.67. The number of aromatic nitrogens is 1. The molecule has 212 valence electrons. The molecule has 0 aliphatic rings. The summed E-state index contributed by atoms with van der Waals surface area (Å²) in [6.45, 7) is 3.83. The van der Waals surface area contributed by atoms with Gasteiger partial charge in [0.1, 0.15) is 11.6 Å². The van der Waals surface area contributed by atoms with Gasteiger partial charge in [0.05, 0.1) is 17.2 Å². The van der Waals surface area contributed by atoms with Gasteiger partial charge in [0.2, 0.25) is 0 Å². The van der Waals surface area contributed by atoms with Crippen molar-refractivity contribution in [2.24, 2.45) is 0 Å². The maximum absolute atomic E-state index is 13.6. The maximum Gasteiger partial charge on any atom is 0.389 e. The van der Waals surface area contributed by atoms with Crippen LogP contribution in [0.25, 0.3) is 10.9 Å². The first-order chi connectivity index (χ1) is 18.3. The second-order valence-electron chi connectivity index (χ2n) is 11.4. The minimum Gasteiger partial charge on any atom is -0.508 e. The lowest BCUT2D eigenvalue weighted by molar-refractivity contribution is -0.135. The first-order valence-electron chi connectivity index (χ1n) is 13.6. The van der Waals surface area contributed by atoms with Gasteiger partial charge in [0.25, 0.3) is 0 Å². The molecule has 0 aliphatic heterocycles. The van der Waals surface area contributed by atoms with Crippen LogP contribution >= 0.6 is 0 Å². The molecule has 3 rings (SSSR count). The Hall–Kier alpha value is -3.05. The quantitative estimate of drug-likeness (QED) is 0.140. The molecule has 2 aromatic carbocycles. The first-order valence-corrected chi connectivity index (χ1v) is 13.6. The molecule has 1 heterocycles. The van der Waals surface area contributed by atoms with Crippen molar-refractivity contribution in [3.8, 4) is 11.8 Å². The summed E-state index contributed by atoms with van der Waals surface area (Å²) in [4.78, 5) is 3.34. The van der Waals surface area contributed by atoms with Crippen molar-refractivity contribution in [3.63, 3.8) is 0 Å². The van der Waals surface area contributed by atoms with Crippen molar-refractivity contribution in [2.45, 2.75) is 102 Å². The van der Waals surface area contributed by atoms with Gasteiger partial charge in [-0.3, -0.25) is 0 Å². The Kier molecular flexibility index (Phi) is 10.1. The third-order valence-electron chi connectivity index (χ3n) is 7.39. The number of hydrogen-bond acceptors (Lipinski definition) is 3. The normalized spacial score (nSPS) is 13.9. The molecule has 1 aromatic heterocycles. The molecule has 3 aromatic rings. The number of alkyl halides is 3. The molecule has 0 saturated heterocycles. The first kappa shape index (κ1) is 30.5. The fraction of sp³-hybridized carbons (Fsp3) is 0.516. The summed E-state index contributed by atoms with van der Waals surface area (Å²) < 4.78 is 50.5. The van der Waals surface area contributed by atoms with Crippen LogP contribution in [-0.2, 0) is 11.8 Å². The second kappa shape index (κ2) is 12.9. The van der Waals surface area contributed by atoms with E-state index in [9.17, 15) is 33.0 Å². The van der Waals surface area contributed by atoms with Crippen molar-refractivity contribution in [1.82, 2.24) is 4.98 Å². The predicted octanol–water partition coefficient (Wildman–Crippen LogP) is 8.60. The summed E-state index contributed by atoms with van der Waals surface area (Å²) in [5.74, 6) is -0.682. The van der Waals surface area contributed by atoms with E-state index >= 15 is 0 Å². The molecular formula is C31H38F4N2O2. The average Bonchev–Trinajstić information content (AvgIpc) is 3.22. The van der Waals surface area contributed by atoms with E-state index in [0.717, 1.165) is 54.8 Å². The molecule has 8 heteroatoms. The van der Waals surface area contributed by atoms with Gasteiger partial charge in [0.15, 0.2) is 0 Å². The third kappa shape index (κ3) is 9.28. The van der Waals surface area contributed by atoms with Crippen LogP contribution in [0.3, 0.4) is 0 Å². The largest absolute Gasteiger partial charge is 0.508 e. The number of aromatic hydroxyl groups is 1. The maximum atomic E-state index is 13.6. The number of aliphatic hydroxyl groups is 1. The van der Waals surface area contributed by atoms with Crippen LogP contribution in [0.4, 0.5) is 17.6 Å². The Morgan fingerprint density at radius 3 is 2.13 bits per heavy atom. The number of nitrogens with zero attached hydrogens (tertiary/aromatic N) is 1. The van der Waals surface area contributed by atoms with Crippen LogP contribution in [0, 0.1) is 17.1 Å². The van der Waals surface area contributed by atoms with Gasteiger partial charge in [-0.1, -0.05) is 58.4 Å². The number of phenolic OH excluding ortho intramolecular Hbond substituents is 1. The third-order valence-corrected chi connectivity index (χ3v) is 7.39. The van der Waals surface area contributed by atoms with E-state index in [0.29, 0.717) is 36.8 Å². The van der Waals surface area contributed by atoms with E-state index in [1.807, 2.05) is 26.0 Å². The van der Waals surface area contributed by atoms with E-state index in [1.54, 1.807) is 18.2 Å². The number of phenols is 1. The van der Waals surface area contributed by atoms with Crippen molar-refractivity contribution in [2.75, 3.05) is 0 Å². The van der Waals surface area contributed by atoms with Crippen LogP contribution in [0.2, 0.25) is 0 Å². The predicted molar refractivity (Wildman–Crippen MR) is 145 cm³/mol. The standard InChI is InChI=1S/C31H38F4N2O2/c1-29(2,26-12-11-24(32)18-28(26)38)21-30(39,14-8-6-4-3-5-7-9-15-31(33,34)35)19-25-17-23-16-22(20-36)10-13-27(23)37-25/h10-13,16-18,37-39H,3-9,14-15,19,21H2,1-2H3. The van der Waals surface area contributed by atoms with Crippen LogP contribution < -0.4 is 0 Å². The molecule has 4 nitrogen and oxygen atoms in total. The summed E-state index contributed by atoms with van der Waals surface area (Å²) in [5, 5.41) is 32.5. The summed E-state index contributed by atoms with van der Waals surface area (Å²) in [6.07, 6.45) is 1.12. The van der Waals surface area contributed by atoms with Crippen LogP contribution in [0.15, 0.2) is 42.5 Å². The Morgan fingerprint density at radius 2 is 1.51 bits per heavy atom. The van der Waals surface area contributed by atoms with Crippen LogP contribution in [-0.4, -0.2) is 27.0 Å². The number of benzene rings is 2. The van der Waals surface area contributed by atoms with E-state index < -0.39 is 29.4 Å². The number of H-pyrrole nitrogens is 1. The summed E-state index contributed by atoms with van der Waals surface area (Å²) in [7, 11) is 0. The van der Waals surface area contributed by atoms with Crippen molar-refractivity contribution in [3.05, 3.63) is 65.1 Å². The number of aromatic amines is 1. The monoisotopic (exact) mass is 546 g/mol. The lowest BCUT2D eigenvalue weighted by Gasteiger charge is -2.37. The molecule has 1 unspecified atom stereocenters. The second-order valence-corrected chi connectivity index (χ2v) is 11.4. The molecule has 0 aliphatic carbocycles. The lowest BCUT2D eigenvalue weighted by Crippen LogP contribution is -2.39. The van der Waals surface area contributed by atoms with Gasteiger partial charge < -0.3 is 15.2 Å². The zero-order valence-electron chi connectivity index (χ0n) is 22.7. The van der Waals surface area contributed by atoms with E-state index in [4.69, 9.17) is 0 Å². The van der Waals surface area contributed by atoms with Gasteiger partial charge >= 0.3 is 6.18 Å². The Morgan fingerprint density at radius 1 is 0.872 bits per heavy atom. The number of halogens is 4. The number of nitriles is 1. The molecule has 3 N–H and O–H groups in total. The Bertz CT molecular complexity index is 1280. The van der Waals surface area contributed by atoms with E-state index in [2.05, 4.69) is 11.1 Å². The fourth-order valence-electron chi connectivity index (χ4n) is 5.61. The number of nitrogens with one attached hydrogen (secondary N) is 1. The lowest BCUT2D eigenvalue weighted by atomic mass is 9.72. The van der Waals surface area contributed by atoms with Crippen LogP contribution in [0.1, 0.15) is 94.9 Å². The average molecular weight is 547 g/mol. The number of rotatable bonds is 14. The fourth-order valence-corrected chi connectivity index (χ4v) is 5.61.